The van der Waals surface area contributed by atoms with Crippen molar-refractivity contribution in [3.8, 4) is 0 Å². The van der Waals surface area contributed by atoms with Gasteiger partial charge in [0.2, 0.25) is 0 Å². The second-order valence-electron chi connectivity index (χ2n) is 23.1. The van der Waals surface area contributed by atoms with Crippen molar-refractivity contribution >= 4 is 17.9 Å². The summed E-state index contributed by atoms with van der Waals surface area (Å²) in [6.07, 6.45) is 80.4. The van der Waals surface area contributed by atoms with Crippen molar-refractivity contribution in [1.29, 1.82) is 0 Å². The number of carbonyl (C=O) groups is 3. The third kappa shape index (κ3) is 62.5. The van der Waals surface area contributed by atoms with E-state index in [4.69, 9.17) is 14.2 Å². The summed E-state index contributed by atoms with van der Waals surface area (Å²) in [6, 6.07) is 0. The third-order valence-electron chi connectivity index (χ3n) is 15.3. The van der Waals surface area contributed by atoms with Crippen LogP contribution in [0.5, 0.6) is 0 Å². The van der Waals surface area contributed by atoms with Crippen molar-refractivity contribution in [3.63, 3.8) is 0 Å². The lowest BCUT2D eigenvalue weighted by Crippen LogP contribution is -2.30. The summed E-state index contributed by atoms with van der Waals surface area (Å²) in [5.41, 5.74) is 0. The van der Waals surface area contributed by atoms with Crippen LogP contribution in [-0.4, -0.2) is 37.2 Å². The molecule has 0 aromatic heterocycles. The fourth-order valence-corrected chi connectivity index (χ4v) is 10.2. The molecule has 1 unspecified atom stereocenters. The minimum absolute atomic E-state index is 0.0716. The number of unbranched alkanes of at least 4 members (excludes halogenated alkanes) is 46. The molecule has 0 amide bonds. The Morgan fingerprint density at radius 1 is 0.250 bits per heavy atom. The van der Waals surface area contributed by atoms with E-state index in [0.717, 1.165) is 70.6 Å². The lowest BCUT2D eigenvalue weighted by Gasteiger charge is -2.18. The quantitative estimate of drug-likeness (QED) is 0.0261. The molecule has 0 rings (SSSR count). The van der Waals surface area contributed by atoms with Gasteiger partial charge in [0, 0.05) is 19.3 Å². The minimum atomic E-state index is -0.774. The van der Waals surface area contributed by atoms with E-state index < -0.39 is 6.10 Å². The lowest BCUT2D eigenvalue weighted by atomic mass is 10.0. The van der Waals surface area contributed by atoms with Crippen LogP contribution in [-0.2, 0) is 28.6 Å². The van der Waals surface area contributed by atoms with Gasteiger partial charge in [0.25, 0.3) is 0 Å². The Morgan fingerprint density at radius 3 is 0.711 bits per heavy atom. The van der Waals surface area contributed by atoms with Crippen LogP contribution >= 0.6 is 0 Å². The van der Waals surface area contributed by atoms with E-state index in [1.54, 1.807) is 0 Å². The Bertz CT molecular complexity index is 1270. The van der Waals surface area contributed by atoms with Gasteiger partial charge in [-0.3, -0.25) is 14.4 Å². The Morgan fingerprint density at radius 2 is 0.461 bits per heavy atom. The van der Waals surface area contributed by atoms with E-state index in [9.17, 15) is 14.4 Å². The highest BCUT2D eigenvalue weighted by Gasteiger charge is 2.19. The van der Waals surface area contributed by atoms with Gasteiger partial charge in [-0.15, -0.1) is 0 Å². The first-order valence-corrected chi connectivity index (χ1v) is 34.0. The summed E-state index contributed by atoms with van der Waals surface area (Å²) in [5.74, 6) is -0.861. The normalized spacial score (nSPS) is 12.2. The van der Waals surface area contributed by atoms with Gasteiger partial charge in [-0.2, -0.15) is 0 Å². The molecule has 0 aliphatic heterocycles. The van der Waals surface area contributed by atoms with E-state index in [1.165, 1.54) is 263 Å². The predicted molar refractivity (Wildman–Crippen MR) is 330 cm³/mol. The molecule has 0 saturated heterocycles. The highest BCUT2D eigenvalue weighted by Crippen LogP contribution is 2.18. The summed E-state index contributed by atoms with van der Waals surface area (Å²) in [6.45, 7) is 6.63. The molecule has 76 heavy (non-hydrogen) atoms. The maximum atomic E-state index is 12.9. The van der Waals surface area contributed by atoms with E-state index in [-0.39, 0.29) is 31.1 Å². The summed E-state index contributed by atoms with van der Waals surface area (Å²) in [4.78, 5) is 38.3. The zero-order valence-corrected chi connectivity index (χ0v) is 51.3. The monoisotopic (exact) mass is 1070 g/mol. The molecular formula is C70H130O6. The summed E-state index contributed by atoms with van der Waals surface area (Å²) in [5, 5.41) is 0. The van der Waals surface area contributed by atoms with Gasteiger partial charge in [-0.05, 0) is 89.9 Å². The third-order valence-corrected chi connectivity index (χ3v) is 15.3. The van der Waals surface area contributed by atoms with Crippen molar-refractivity contribution in [1.82, 2.24) is 0 Å². The number of hydrogen-bond donors (Lipinski definition) is 0. The summed E-state index contributed by atoms with van der Waals surface area (Å²) in [7, 11) is 0. The Balaban J connectivity index is 4.17. The van der Waals surface area contributed by atoms with Gasteiger partial charge in [0.05, 0.1) is 0 Å². The Kier molecular flexibility index (Phi) is 63.1. The fraction of sp³-hybridized carbons (Fsp3) is 0.871. The number of ether oxygens (including phenoxy) is 3. The van der Waals surface area contributed by atoms with Crippen LogP contribution in [0.4, 0.5) is 0 Å². The number of rotatable bonds is 63. The van der Waals surface area contributed by atoms with Crippen LogP contribution in [0.25, 0.3) is 0 Å². The molecule has 0 aromatic rings. The van der Waals surface area contributed by atoms with Crippen LogP contribution in [0.2, 0.25) is 0 Å². The second-order valence-corrected chi connectivity index (χ2v) is 23.1. The van der Waals surface area contributed by atoms with Gasteiger partial charge in [-0.25, -0.2) is 0 Å². The van der Waals surface area contributed by atoms with Gasteiger partial charge in [0.15, 0.2) is 6.10 Å². The number of esters is 3. The Hall–Kier alpha value is -2.37. The predicted octanol–water partition coefficient (Wildman–Crippen LogP) is 23.2. The van der Waals surface area contributed by atoms with Crippen LogP contribution in [0.3, 0.4) is 0 Å². The molecule has 0 radical (unpaired) electrons. The molecule has 0 spiro atoms. The van der Waals surface area contributed by atoms with E-state index in [1.807, 2.05) is 0 Å². The van der Waals surface area contributed by atoms with Crippen LogP contribution in [0.15, 0.2) is 36.5 Å². The first-order chi connectivity index (χ1) is 37.5. The zero-order valence-electron chi connectivity index (χ0n) is 51.3. The van der Waals surface area contributed by atoms with Crippen molar-refractivity contribution in [3.05, 3.63) is 36.5 Å². The lowest BCUT2D eigenvalue weighted by molar-refractivity contribution is -0.167. The van der Waals surface area contributed by atoms with Gasteiger partial charge in [0.1, 0.15) is 13.2 Å². The molecule has 0 fully saturated rings. The highest BCUT2D eigenvalue weighted by molar-refractivity contribution is 5.71. The smallest absolute Gasteiger partial charge is 0.306 e. The first-order valence-electron chi connectivity index (χ1n) is 34.0. The van der Waals surface area contributed by atoms with Crippen LogP contribution in [0.1, 0.15) is 374 Å². The molecule has 0 heterocycles. The summed E-state index contributed by atoms with van der Waals surface area (Å²) < 4.78 is 16.9. The van der Waals surface area contributed by atoms with Gasteiger partial charge >= 0.3 is 17.9 Å². The van der Waals surface area contributed by atoms with Crippen molar-refractivity contribution in [2.24, 2.45) is 0 Å². The molecule has 0 N–H and O–H groups in total. The maximum absolute atomic E-state index is 12.9. The molecule has 6 nitrogen and oxygen atoms in total. The SMILES string of the molecule is CCC/C=C\CCCCCCCC(=O)OCC(COC(=O)CCCCCCCCCCCCCCC/C=C\CCCCCCCCCC)OC(=O)CCCCCCCCCCCCC/C=C\CCCCCCCCCC. The Labute approximate surface area is 474 Å². The zero-order chi connectivity index (χ0) is 55.0. The number of allylic oxidation sites excluding steroid dienone is 6. The number of hydrogen-bond acceptors (Lipinski definition) is 6. The second kappa shape index (κ2) is 65.2. The van der Waals surface area contributed by atoms with Crippen molar-refractivity contribution in [2.75, 3.05) is 13.2 Å². The van der Waals surface area contributed by atoms with Crippen molar-refractivity contribution < 1.29 is 28.6 Å². The molecule has 0 aliphatic carbocycles. The largest absolute Gasteiger partial charge is 0.462 e. The van der Waals surface area contributed by atoms with Crippen molar-refractivity contribution in [2.45, 2.75) is 380 Å². The molecule has 0 aliphatic rings. The van der Waals surface area contributed by atoms with Gasteiger partial charge in [-0.1, -0.05) is 301 Å². The molecule has 0 aromatic carbocycles. The molecule has 0 bridgehead atoms. The maximum Gasteiger partial charge on any atom is 0.306 e. The van der Waals surface area contributed by atoms with Gasteiger partial charge < -0.3 is 14.2 Å². The average molecular weight is 1070 g/mol. The summed E-state index contributed by atoms with van der Waals surface area (Å²) >= 11 is 0. The molecule has 446 valence electrons. The minimum Gasteiger partial charge on any atom is -0.462 e. The van der Waals surface area contributed by atoms with E-state index in [0.29, 0.717) is 19.3 Å². The van der Waals surface area contributed by atoms with E-state index in [2.05, 4.69) is 57.2 Å². The van der Waals surface area contributed by atoms with Crippen LogP contribution in [0, 0.1) is 0 Å². The standard InChI is InChI=1S/C70H130O6/c1-4-7-10-13-16-19-22-24-26-28-30-32-34-35-37-38-40-42-44-46-48-51-54-57-60-63-69(72)75-66-67(65-74-68(71)62-59-56-53-50-21-18-15-12-9-6-3)76-70(73)64-61-58-55-52-49-47-45-43-41-39-36-33-31-29-27-25-23-20-17-14-11-8-5-2/h12,15,28-31,67H,4-11,13-14,16-27,32-66H2,1-3H3/b15-12-,30-28-,31-29-. The van der Waals surface area contributed by atoms with Crippen LogP contribution < -0.4 is 0 Å². The molecule has 6 heteroatoms. The molecule has 1 atom stereocenters. The average Bonchev–Trinajstić information content (AvgIpc) is 3.42. The van der Waals surface area contributed by atoms with E-state index >= 15 is 0 Å². The first kappa shape index (κ1) is 73.6. The number of carbonyl (C=O) groups excluding carboxylic acids is 3. The molecule has 0 saturated carbocycles. The molecular weight excluding hydrogens is 937 g/mol. The topological polar surface area (TPSA) is 78.9 Å². The highest BCUT2D eigenvalue weighted by atomic mass is 16.6. The fourth-order valence-electron chi connectivity index (χ4n) is 10.2.